The Labute approximate surface area is 119 Å². The van der Waals surface area contributed by atoms with E-state index in [-0.39, 0.29) is 11.3 Å². The minimum absolute atomic E-state index is 0.0235. The largest absolute Gasteiger partial charge is 0.419 e. The zero-order valence-electron chi connectivity index (χ0n) is 10.7. The van der Waals surface area contributed by atoms with E-state index in [9.17, 15) is 14.0 Å². The van der Waals surface area contributed by atoms with Gasteiger partial charge in [0.15, 0.2) is 5.57 Å². The quantitative estimate of drug-likeness (QED) is 0.516. The fraction of sp³-hybridized carbons (Fsp3) is 0.231. The smallest absolute Gasteiger partial charge is 0.350 e. The van der Waals surface area contributed by atoms with Crippen LogP contribution in [-0.4, -0.2) is 17.7 Å². The first-order valence-corrected chi connectivity index (χ1v) is 6.05. The van der Waals surface area contributed by atoms with Gasteiger partial charge in [0.05, 0.1) is 5.69 Å². The van der Waals surface area contributed by atoms with Crippen molar-refractivity contribution in [1.29, 1.82) is 0 Å². The van der Waals surface area contributed by atoms with Crippen LogP contribution in [0.3, 0.4) is 0 Å². The summed E-state index contributed by atoms with van der Waals surface area (Å²) < 4.78 is 23.2. The molecule has 0 amide bonds. The molecule has 0 atom stereocenters. The summed E-state index contributed by atoms with van der Waals surface area (Å²) in [6, 6.07) is 3.85. The number of carbonyl (C=O) groups is 2. The maximum Gasteiger partial charge on any atom is 0.350 e. The minimum Gasteiger partial charge on any atom is -0.419 e. The minimum atomic E-state index is -1.31. The third-order valence-electron chi connectivity index (χ3n) is 2.42. The van der Waals surface area contributed by atoms with Crippen molar-refractivity contribution in [3.8, 4) is 0 Å². The van der Waals surface area contributed by atoms with Gasteiger partial charge in [-0.15, -0.1) is 0 Å². The highest BCUT2D eigenvalue weighted by atomic mass is 35.5. The van der Waals surface area contributed by atoms with Crippen LogP contribution in [0.4, 0.5) is 10.1 Å². The molecule has 0 saturated carbocycles. The van der Waals surface area contributed by atoms with Gasteiger partial charge in [-0.1, -0.05) is 11.6 Å². The Morgan fingerprint density at radius 2 is 1.85 bits per heavy atom. The van der Waals surface area contributed by atoms with Crippen molar-refractivity contribution in [2.24, 2.45) is 0 Å². The molecule has 0 unspecified atom stereocenters. The maximum atomic E-state index is 13.5. The Balaban J connectivity index is 2.21. The van der Waals surface area contributed by atoms with Gasteiger partial charge >= 0.3 is 11.9 Å². The second-order valence-corrected chi connectivity index (χ2v) is 4.94. The molecule has 20 heavy (non-hydrogen) atoms. The fourth-order valence-electron chi connectivity index (χ4n) is 1.54. The molecule has 106 valence electrons. The number of nitrogens with one attached hydrogen (secondary N) is 1. The summed E-state index contributed by atoms with van der Waals surface area (Å²) >= 11 is 5.72. The molecule has 0 radical (unpaired) electrons. The van der Waals surface area contributed by atoms with Crippen LogP contribution >= 0.6 is 11.6 Å². The van der Waals surface area contributed by atoms with E-state index in [1.54, 1.807) is 0 Å². The van der Waals surface area contributed by atoms with Gasteiger partial charge in [-0.2, -0.15) is 0 Å². The lowest BCUT2D eigenvalue weighted by molar-refractivity contribution is -0.222. The molecule has 0 aromatic heterocycles. The number of benzene rings is 1. The Kier molecular flexibility index (Phi) is 3.67. The molecule has 1 heterocycles. The Morgan fingerprint density at radius 1 is 1.25 bits per heavy atom. The predicted octanol–water partition coefficient (Wildman–Crippen LogP) is 2.61. The van der Waals surface area contributed by atoms with Crippen molar-refractivity contribution in [2.75, 3.05) is 5.32 Å². The average molecular weight is 300 g/mol. The van der Waals surface area contributed by atoms with Crippen LogP contribution < -0.4 is 5.32 Å². The van der Waals surface area contributed by atoms with Gasteiger partial charge in [-0.3, -0.25) is 0 Å². The van der Waals surface area contributed by atoms with Gasteiger partial charge < -0.3 is 14.8 Å². The molecule has 1 aromatic rings. The molecule has 0 bridgehead atoms. The normalized spacial score (nSPS) is 17.3. The number of cyclic esters (lactones) is 2. The molecule has 1 fully saturated rings. The summed E-state index contributed by atoms with van der Waals surface area (Å²) in [6.45, 7) is 2.87. The predicted molar refractivity (Wildman–Crippen MR) is 69.4 cm³/mol. The number of esters is 2. The zero-order valence-corrected chi connectivity index (χ0v) is 11.5. The van der Waals surface area contributed by atoms with Gasteiger partial charge in [0, 0.05) is 25.1 Å². The van der Waals surface area contributed by atoms with Crippen LogP contribution in [0, 0.1) is 5.82 Å². The highest BCUT2D eigenvalue weighted by Crippen LogP contribution is 2.24. The zero-order chi connectivity index (χ0) is 14.9. The third-order valence-corrected chi connectivity index (χ3v) is 2.65. The molecular formula is C13H11ClFNO4. The first kappa shape index (κ1) is 14.3. The van der Waals surface area contributed by atoms with Crippen molar-refractivity contribution in [2.45, 2.75) is 19.6 Å². The van der Waals surface area contributed by atoms with Crippen molar-refractivity contribution >= 4 is 29.2 Å². The molecule has 1 aliphatic heterocycles. The molecule has 0 spiro atoms. The van der Waals surface area contributed by atoms with E-state index in [1.807, 2.05) is 0 Å². The molecule has 0 aliphatic carbocycles. The summed E-state index contributed by atoms with van der Waals surface area (Å²) in [4.78, 5) is 23.3. The Morgan fingerprint density at radius 3 is 2.45 bits per heavy atom. The number of hydrogen-bond acceptors (Lipinski definition) is 5. The van der Waals surface area contributed by atoms with E-state index in [1.165, 1.54) is 26.0 Å². The summed E-state index contributed by atoms with van der Waals surface area (Å²) in [5, 5.41) is 2.80. The molecule has 2 rings (SSSR count). The molecular weight excluding hydrogens is 289 g/mol. The monoisotopic (exact) mass is 299 g/mol. The molecule has 1 N–H and O–H groups in total. The van der Waals surface area contributed by atoms with Gasteiger partial charge in [0.2, 0.25) is 0 Å². The number of hydrogen-bond donors (Lipinski definition) is 1. The maximum absolute atomic E-state index is 13.5. The first-order chi connectivity index (χ1) is 9.28. The Hall–Kier alpha value is -2.08. The fourth-order valence-corrected chi connectivity index (χ4v) is 1.71. The molecule has 5 nitrogen and oxygen atoms in total. The lowest BCUT2D eigenvalue weighted by atomic mass is 10.2. The number of anilines is 1. The molecule has 7 heteroatoms. The lowest BCUT2D eigenvalue weighted by Crippen LogP contribution is -2.42. The van der Waals surface area contributed by atoms with Gasteiger partial charge in [-0.05, 0) is 18.2 Å². The molecule has 1 saturated heterocycles. The van der Waals surface area contributed by atoms with Crippen LogP contribution in [0.1, 0.15) is 13.8 Å². The van der Waals surface area contributed by atoms with E-state index in [0.717, 1.165) is 12.3 Å². The third kappa shape index (κ3) is 3.08. The number of rotatable bonds is 2. The standard InChI is InChI=1S/C13H11ClFNO4/c1-13(2)19-11(17)8(12(18)20-13)6-16-10-5-7(14)3-4-9(10)15/h3-6,16H,1-2H3. The number of halogens is 2. The van der Waals surface area contributed by atoms with Crippen LogP contribution in [0.5, 0.6) is 0 Å². The van der Waals surface area contributed by atoms with E-state index >= 15 is 0 Å². The van der Waals surface area contributed by atoms with Crippen molar-refractivity contribution in [1.82, 2.24) is 0 Å². The van der Waals surface area contributed by atoms with Gasteiger partial charge in [0.1, 0.15) is 5.82 Å². The van der Waals surface area contributed by atoms with Crippen LogP contribution in [0.15, 0.2) is 30.0 Å². The van der Waals surface area contributed by atoms with Gasteiger partial charge in [0.25, 0.3) is 5.79 Å². The second kappa shape index (κ2) is 5.13. The second-order valence-electron chi connectivity index (χ2n) is 4.51. The molecule has 1 aliphatic rings. The Bertz CT molecular complexity index is 590. The van der Waals surface area contributed by atoms with Crippen LogP contribution in [-0.2, 0) is 19.1 Å². The van der Waals surface area contributed by atoms with Crippen molar-refractivity contribution in [3.63, 3.8) is 0 Å². The summed E-state index contributed by atoms with van der Waals surface area (Å²) in [7, 11) is 0. The van der Waals surface area contributed by atoms with E-state index in [2.05, 4.69) is 5.32 Å². The summed E-state index contributed by atoms with van der Waals surface area (Å²) in [5.41, 5.74) is -0.334. The van der Waals surface area contributed by atoms with Gasteiger partial charge in [-0.25, -0.2) is 14.0 Å². The summed E-state index contributed by atoms with van der Waals surface area (Å²) in [5.74, 6) is -3.58. The number of ether oxygens (including phenoxy) is 2. The number of carbonyl (C=O) groups excluding carboxylic acids is 2. The van der Waals surface area contributed by atoms with Crippen molar-refractivity contribution in [3.05, 3.63) is 40.8 Å². The van der Waals surface area contributed by atoms with E-state index in [4.69, 9.17) is 21.1 Å². The van der Waals surface area contributed by atoms with E-state index in [0.29, 0.717) is 5.02 Å². The van der Waals surface area contributed by atoms with Crippen LogP contribution in [0.2, 0.25) is 5.02 Å². The average Bonchev–Trinajstić information content (AvgIpc) is 2.30. The van der Waals surface area contributed by atoms with Crippen LogP contribution in [0.25, 0.3) is 0 Å². The lowest BCUT2D eigenvalue weighted by Gasteiger charge is -2.29. The van der Waals surface area contributed by atoms with E-state index < -0.39 is 23.5 Å². The summed E-state index contributed by atoms with van der Waals surface area (Å²) in [6.07, 6.45) is 1.02. The highest BCUT2D eigenvalue weighted by Gasteiger charge is 2.38. The van der Waals surface area contributed by atoms with Crippen molar-refractivity contribution < 1.29 is 23.5 Å². The molecule has 1 aromatic carbocycles. The first-order valence-electron chi connectivity index (χ1n) is 5.67. The topological polar surface area (TPSA) is 64.6 Å². The SMILES string of the molecule is CC1(C)OC(=O)C(=CNc2cc(Cl)ccc2F)C(=O)O1. The highest BCUT2D eigenvalue weighted by molar-refractivity contribution is 6.30.